The normalized spacial score (nSPS) is 17.4. The number of hydrogen-bond donors (Lipinski definition) is 0. The molecule has 0 saturated carbocycles. The van der Waals surface area contributed by atoms with E-state index < -0.39 is 16.9 Å². The van der Waals surface area contributed by atoms with Crippen LogP contribution in [0.3, 0.4) is 0 Å². The highest BCUT2D eigenvalue weighted by Gasteiger charge is 2.39. The molecule has 0 aliphatic heterocycles. The van der Waals surface area contributed by atoms with Gasteiger partial charge in [0.1, 0.15) is 21.9 Å². The molecule has 4 aromatic heterocycles. The molecule has 1 unspecified atom stereocenters. The second-order valence-electron chi connectivity index (χ2n) is 9.05. The van der Waals surface area contributed by atoms with Gasteiger partial charge in [-0.25, -0.2) is 14.5 Å². The first-order chi connectivity index (χ1) is 15.0. The van der Waals surface area contributed by atoms with Gasteiger partial charge in [0.25, 0.3) is 0 Å². The van der Waals surface area contributed by atoms with E-state index in [1.807, 2.05) is 0 Å². The van der Waals surface area contributed by atoms with Crippen molar-refractivity contribution in [2.45, 2.75) is 52.6 Å². The van der Waals surface area contributed by atoms with E-state index in [1.54, 1.807) is 17.7 Å². The molecule has 0 amide bonds. The number of nitrogens with zero attached hydrogens (tertiary/aromatic N) is 6. The standard InChI is InChI=1S/C21H22ClF3N6S/c1-5-20(2,3)10-6-7-11-12(8-10)32-19-13(11)18-27-17(29-31(18)9-26-19)15-14(22)16(21(23,24)25)28-30(15)4/h9-10H,5-8H2,1-4H3. The van der Waals surface area contributed by atoms with E-state index in [1.165, 1.54) is 22.0 Å². The summed E-state index contributed by atoms with van der Waals surface area (Å²) >= 11 is 7.73. The first-order valence-corrected chi connectivity index (χ1v) is 11.7. The van der Waals surface area contributed by atoms with Crippen molar-refractivity contribution in [1.29, 1.82) is 0 Å². The van der Waals surface area contributed by atoms with Crippen LogP contribution in [0.25, 0.3) is 27.4 Å². The number of thiophene rings is 1. The van der Waals surface area contributed by atoms with Crippen molar-refractivity contribution in [3.63, 3.8) is 0 Å². The van der Waals surface area contributed by atoms with Gasteiger partial charge in [-0.2, -0.15) is 18.3 Å². The summed E-state index contributed by atoms with van der Waals surface area (Å²) in [5.74, 6) is 0.696. The van der Waals surface area contributed by atoms with Gasteiger partial charge in [-0.15, -0.1) is 16.4 Å². The van der Waals surface area contributed by atoms with Crippen molar-refractivity contribution in [2.75, 3.05) is 0 Å². The lowest BCUT2D eigenvalue weighted by molar-refractivity contribution is -0.141. The van der Waals surface area contributed by atoms with Crippen LogP contribution in [0.4, 0.5) is 13.2 Å². The maximum atomic E-state index is 13.2. The summed E-state index contributed by atoms with van der Waals surface area (Å²) < 4.78 is 42.3. The van der Waals surface area contributed by atoms with Gasteiger partial charge in [0.05, 0.1) is 5.39 Å². The van der Waals surface area contributed by atoms with Crippen LogP contribution in [0.2, 0.25) is 5.02 Å². The molecule has 4 aromatic rings. The summed E-state index contributed by atoms with van der Waals surface area (Å²) in [5, 5.41) is 8.36. The van der Waals surface area contributed by atoms with Crippen LogP contribution in [-0.4, -0.2) is 29.4 Å². The molecule has 170 valence electrons. The number of rotatable bonds is 3. The number of aromatic nitrogens is 6. The van der Waals surface area contributed by atoms with Gasteiger partial charge in [0.2, 0.25) is 5.82 Å². The van der Waals surface area contributed by atoms with E-state index in [-0.39, 0.29) is 16.9 Å². The number of aryl methyl sites for hydroxylation is 2. The van der Waals surface area contributed by atoms with E-state index in [4.69, 9.17) is 11.6 Å². The van der Waals surface area contributed by atoms with Gasteiger partial charge in [0, 0.05) is 11.9 Å². The van der Waals surface area contributed by atoms with Gasteiger partial charge in [0.15, 0.2) is 11.3 Å². The molecule has 32 heavy (non-hydrogen) atoms. The first-order valence-electron chi connectivity index (χ1n) is 10.5. The molecule has 0 spiro atoms. The lowest BCUT2D eigenvalue weighted by Crippen LogP contribution is -2.28. The van der Waals surface area contributed by atoms with E-state index in [0.29, 0.717) is 11.6 Å². The molecule has 0 N–H and O–H groups in total. The number of fused-ring (bicyclic) bond motifs is 5. The molecule has 0 fully saturated rings. The third-order valence-electron chi connectivity index (χ3n) is 6.87. The van der Waals surface area contributed by atoms with E-state index in [9.17, 15) is 13.2 Å². The van der Waals surface area contributed by atoms with Crippen molar-refractivity contribution < 1.29 is 13.2 Å². The SMILES string of the molecule is CCC(C)(C)C1CCc2c(sc3ncn4nc(-c5c(Cl)c(C(F)(F)F)nn5C)nc4c23)C1. The van der Waals surface area contributed by atoms with E-state index >= 15 is 0 Å². The van der Waals surface area contributed by atoms with Crippen LogP contribution in [0.5, 0.6) is 0 Å². The highest BCUT2D eigenvalue weighted by Crippen LogP contribution is 2.45. The van der Waals surface area contributed by atoms with Crippen LogP contribution in [0, 0.1) is 11.3 Å². The maximum Gasteiger partial charge on any atom is 0.436 e. The fraction of sp³-hybridized carbons (Fsp3) is 0.524. The summed E-state index contributed by atoms with van der Waals surface area (Å²) in [6.07, 6.45) is 1.04. The zero-order valence-electron chi connectivity index (χ0n) is 18.1. The van der Waals surface area contributed by atoms with Crippen LogP contribution >= 0.6 is 22.9 Å². The molecule has 1 aliphatic rings. The predicted octanol–water partition coefficient (Wildman–Crippen LogP) is 5.95. The Morgan fingerprint density at radius 3 is 2.66 bits per heavy atom. The van der Waals surface area contributed by atoms with Gasteiger partial charge < -0.3 is 0 Å². The molecule has 1 aliphatic carbocycles. The zero-order chi connectivity index (χ0) is 23.0. The second kappa shape index (κ2) is 7.15. The zero-order valence-corrected chi connectivity index (χ0v) is 19.7. The van der Waals surface area contributed by atoms with E-state index in [0.717, 1.165) is 40.6 Å². The minimum atomic E-state index is -4.66. The lowest BCUT2D eigenvalue weighted by Gasteiger charge is -2.36. The summed E-state index contributed by atoms with van der Waals surface area (Å²) in [6.45, 7) is 6.88. The van der Waals surface area contributed by atoms with Crippen molar-refractivity contribution in [3.05, 3.63) is 27.5 Å². The molecule has 0 saturated heterocycles. The van der Waals surface area contributed by atoms with Crippen molar-refractivity contribution in [3.8, 4) is 11.5 Å². The van der Waals surface area contributed by atoms with Crippen LogP contribution in [0.1, 0.15) is 49.7 Å². The Bertz CT molecular complexity index is 1350. The summed E-state index contributed by atoms with van der Waals surface area (Å²) in [6, 6.07) is 0. The van der Waals surface area contributed by atoms with E-state index in [2.05, 4.69) is 40.9 Å². The quantitative estimate of drug-likeness (QED) is 0.362. The number of alkyl halides is 3. The largest absolute Gasteiger partial charge is 0.436 e. The van der Waals surface area contributed by atoms with Crippen molar-refractivity contribution >= 4 is 38.8 Å². The van der Waals surface area contributed by atoms with Gasteiger partial charge in [-0.3, -0.25) is 4.68 Å². The maximum absolute atomic E-state index is 13.2. The highest BCUT2D eigenvalue weighted by atomic mass is 35.5. The topological polar surface area (TPSA) is 60.9 Å². The smallest absolute Gasteiger partial charge is 0.262 e. The summed E-state index contributed by atoms with van der Waals surface area (Å²) in [4.78, 5) is 11.4. The Balaban J connectivity index is 1.64. The average Bonchev–Trinajstić information content (AvgIpc) is 3.38. The summed E-state index contributed by atoms with van der Waals surface area (Å²) in [7, 11) is 1.40. The molecule has 0 aromatic carbocycles. The molecule has 4 heterocycles. The Kier molecular flexibility index (Phi) is 4.83. The van der Waals surface area contributed by atoms with Crippen molar-refractivity contribution in [1.82, 2.24) is 29.4 Å². The van der Waals surface area contributed by atoms with Crippen LogP contribution in [0.15, 0.2) is 6.33 Å². The Morgan fingerprint density at radius 2 is 2.00 bits per heavy atom. The fourth-order valence-corrected chi connectivity index (χ4v) is 6.17. The third-order valence-corrected chi connectivity index (χ3v) is 8.39. The molecular weight excluding hydrogens is 461 g/mol. The molecule has 0 radical (unpaired) electrons. The van der Waals surface area contributed by atoms with Gasteiger partial charge >= 0.3 is 6.18 Å². The van der Waals surface area contributed by atoms with Crippen LogP contribution < -0.4 is 0 Å². The van der Waals surface area contributed by atoms with Crippen LogP contribution in [-0.2, 0) is 26.1 Å². The number of hydrogen-bond acceptors (Lipinski definition) is 5. The Labute approximate surface area is 191 Å². The molecule has 6 nitrogen and oxygen atoms in total. The molecule has 0 bridgehead atoms. The second-order valence-corrected chi connectivity index (χ2v) is 10.5. The Morgan fingerprint density at radius 1 is 1.25 bits per heavy atom. The van der Waals surface area contributed by atoms with Gasteiger partial charge in [-0.1, -0.05) is 38.8 Å². The lowest BCUT2D eigenvalue weighted by atomic mass is 9.70. The molecular formula is C21H22ClF3N6S. The minimum absolute atomic E-state index is 0.0321. The van der Waals surface area contributed by atoms with Gasteiger partial charge in [-0.05, 0) is 36.2 Å². The first kappa shape index (κ1) is 21.6. The summed E-state index contributed by atoms with van der Waals surface area (Å²) in [5.41, 5.74) is 0.977. The predicted molar refractivity (Wildman–Crippen MR) is 118 cm³/mol. The fourth-order valence-electron chi connectivity index (χ4n) is 4.55. The monoisotopic (exact) mass is 482 g/mol. The number of halogens is 4. The average molecular weight is 483 g/mol. The molecule has 11 heteroatoms. The molecule has 1 atom stereocenters. The molecule has 5 rings (SSSR count). The Hall–Kier alpha value is -2.20. The minimum Gasteiger partial charge on any atom is -0.262 e. The third kappa shape index (κ3) is 3.22. The highest BCUT2D eigenvalue weighted by molar-refractivity contribution is 7.19. The van der Waals surface area contributed by atoms with Crippen molar-refractivity contribution in [2.24, 2.45) is 18.4 Å².